The van der Waals surface area contributed by atoms with Crippen molar-refractivity contribution >= 4 is 26.6 Å². The maximum Gasteiger partial charge on any atom is 0.248 e. The quantitative estimate of drug-likeness (QED) is 0.385. The molecule has 1 aliphatic rings. The molecule has 1 aliphatic heterocycles. The zero-order chi connectivity index (χ0) is 24.6. The highest BCUT2D eigenvalue weighted by molar-refractivity contribution is 7.92. The summed E-state index contributed by atoms with van der Waals surface area (Å²) in [6.07, 6.45) is 4.46. The minimum Gasteiger partial charge on any atom is -0.480 e. The molecule has 0 saturated carbocycles. The van der Waals surface area contributed by atoms with Crippen LogP contribution in [0.25, 0.3) is 33.5 Å². The van der Waals surface area contributed by atoms with Gasteiger partial charge in [0.1, 0.15) is 5.69 Å². The Balaban J connectivity index is 1.56. The number of aryl methyl sites for hydroxylation is 1. The second-order valence-electron chi connectivity index (χ2n) is 8.41. The number of anilines is 1. The second kappa shape index (κ2) is 9.24. The first-order valence-electron chi connectivity index (χ1n) is 11.0. The molecule has 3 aromatic heterocycles. The van der Waals surface area contributed by atoms with E-state index in [4.69, 9.17) is 9.15 Å². The number of ether oxygens (including phenoxy) is 1. The van der Waals surface area contributed by atoms with Gasteiger partial charge in [0.2, 0.25) is 27.7 Å². The second-order valence-corrected chi connectivity index (χ2v) is 10.2. The van der Waals surface area contributed by atoms with E-state index in [1.165, 1.54) is 7.11 Å². The summed E-state index contributed by atoms with van der Waals surface area (Å²) >= 11 is 0. The van der Waals surface area contributed by atoms with Gasteiger partial charge in [0.25, 0.3) is 0 Å². The number of aromatic nitrogens is 5. The summed E-state index contributed by atoms with van der Waals surface area (Å²) in [4.78, 5) is 6.55. The number of pyridine rings is 1. The lowest BCUT2D eigenvalue weighted by Gasteiger charge is -2.25. The molecule has 1 aromatic carbocycles. The summed E-state index contributed by atoms with van der Waals surface area (Å²) in [6, 6.07) is 5.55. The van der Waals surface area contributed by atoms with Gasteiger partial charge in [-0.1, -0.05) is 0 Å². The van der Waals surface area contributed by atoms with Crippen LogP contribution in [0.15, 0.2) is 35.0 Å². The molecule has 1 saturated heterocycles. The molecule has 12 nitrogen and oxygen atoms in total. The fourth-order valence-electron chi connectivity index (χ4n) is 4.12. The summed E-state index contributed by atoms with van der Waals surface area (Å²) in [5.41, 5.74) is 3.30. The standard InChI is InChI=1S/C22H26N8O4S/c1-29-19-10-14(15-9-18(28-35(3,31)32)22(33-2)24-11-15)8-16(17(19)12-25-29)21-27-26-20(34-21)13-30-6-4-23-5-7-30/h8-12,23,28H,4-7,13H2,1-3H3. The predicted molar refractivity (Wildman–Crippen MR) is 130 cm³/mol. The van der Waals surface area contributed by atoms with E-state index < -0.39 is 10.0 Å². The van der Waals surface area contributed by atoms with Crippen LogP contribution < -0.4 is 14.8 Å². The van der Waals surface area contributed by atoms with E-state index in [1.54, 1.807) is 23.1 Å². The van der Waals surface area contributed by atoms with Gasteiger partial charge in [-0.3, -0.25) is 14.3 Å². The highest BCUT2D eigenvalue weighted by Gasteiger charge is 2.19. The molecule has 184 valence electrons. The fraction of sp³-hybridized carbons (Fsp3) is 0.364. The topological polar surface area (TPSA) is 140 Å². The molecule has 5 rings (SSSR count). The molecular formula is C22H26N8O4S. The molecule has 2 N–H and O–H groups in total. The third kappa shape index (κ3) is 4.97. The third-order valence-electron chi connectivity index (χ3n) is 5.81. The number of benzene rings is 1. The Morgan fingerprint density at radius 1 is 1.14 bits per heavy atom. The summed E-state index contributed by atoms with van der Waals surface area (Å²) in [6.45, 7) is 4.31. The molecule has 4 aromatic rings. The van der Waals surface area contributed by atoms with E-state index in [0.717, 1.165) is 54.5 Å². The number of nitrogens with one attached hydrogen (secondary N) is 2. The number of hydrogen-bond donors (Lipinski definition) is 2. The molecule has 13 heteroatoms. The van der Waals surface area contributed by atoms with Crippen LogP contribution in [0, 0.1) is 0 Å². The van der Waals surface area contributed by atoms with Gasteiger partial charge in [-0.25, -0.2) is 13.4 Å². The van der Waals surface area contributed by atoms with Crippen molar-refractivity contribution in [3.05, 3.63) is 36.5 Å². The van der Waals surface area contributed by atoms with Crippen molar-refractivity contribution in [3.63, 3.8) is 0 Å². The first-order chi connectivity index (χ1) is 16.8. The van der Waals surface area contributed by atoms with Crippen molar-refractivity contribution in [2.45, 2.75) is 6.54 Å². The van der Waals surface area contributed by atoms with Crippen molar-refractivity contribution in [1.82, 2.24) is 35.2 Å². The Morgan fingerprint density at radius 3 is 2.69 bits per heavy atom. The van der Waals surface area contributed by atoms with Crippen LogP contribution in [0.3, 0.4) is 0 Å². The van der Waals surface area contributed by atoms with Gasteiger partial charge in [-0.2, -0.15) is 5.10 Å². The smallest absolute Gasteiger partial charge is 0.248 e. The molecule has 35 heavy (non-hydrogen) atoms. The van der Waals surface area contributed by atoms with Crippen LogP contribution in [0.1, 0.15) is 5.89 Å². The van der Waals surface area contributed by atoms with E-state index in [2.05, 4.69) is 35.2 Å². The van der Waals surface area contributed by atoms with Gasteiger partial charge in [-0.05, 0) is 23.8 Å². The lowest BCUT2D eigenvalue weighted by atomic mass is 10.0. The third-order valence-corrected chi connectivity index (χ3v) is 6.40. The fourth-order valence-corrected chi connectivity index (χ4v) is 4.67. The highest BCUT2D eigenvalue weighted by atomic mass is 32.2. The number of sulfonamides is 1. The molecule has 0 spiro atoms. The van der Waals surface area contributed by atoms with Crippen LogP contribution in [0.4, 0.5) is 5.69 Å². The average Bonchev–Trinajstić information content (AvgIpc) is 3.45. The van der Waals surface area contributed by atoms with E-state index >= 15 is 0 Å². The Morgan fingerprint density at radius 2 is 1.94 bits per heavy atom. The van der Waals surface area contributed by atoms with E-state index in [9.17, 15) is 8.42 Å². The van der Waals surface area contributed by atoms with Crippen LogP contribution in [-0.2, 0) is 23.6 Å². The lowest BCUT2D eigenvalue weighted by molar-refractivity contribution is 0.213. The zero-order valence-electron chi connectivity index (χ0n) is 19.6. The van der Waals surface area contributed by atoms with Gasteiger partial charge in [0.05, 0.1) is 37.2 Å². The number of rotatable bonds is 7. The van der Waals surface area contributed by atoms with E-state index in [1.807, 2.05) is 19.2 Å². The number of hydrogen-bond acceptors (Lipinski definition) is 10. The van der Waals surface area contributed by atoms with Crippen molar-refractivity contribution in [3.8, 4) is 28.5 Å². The molecule has 0 amide bonds. The summed E-state index contributed by atoms with van der Waals surface area (Å²) < 4.78 is 39.2. The number of nitrogens with zero attached hydrogens (tertiary/aromatic N) is 6. The maximum atomic E-state index is 11.8. The van der Waals surface area contributed by atoms with Crippen LogP contribution >= 0.6 is 0 Å². The summed E-state index contributed by atoms with van der Waals surface area (Å²) in [5.74, 6) is 1.12. The van der Waals surface area contributed by atoms with Crippen molar-refractivity contribution < 1.29 is 17.6 Å². The maximum absolute atomic E-state index is 11.8. The van der Waals surface area contributed by atoms with Gasteiger partial charge in [0, 0.05) is 50.4 Å². The average molecular weight is 499 g/mol. The molecule has 4 heterocycles. The molecule has 0 aliphatic carbocycles. The Labute approximate surface area is 202 Å². The monoisotopic (exact) mass is 498 g/mol. The molecular weight excluding hydrogens is 472 g/mol. The predicted octanol–water partition coefficient (Wildman–Crippen LogP) is 1.47. The molecule has 0 radical (unpaired) electrons. The largest absolute Gasteiger partial charge is 0.480 e. The lowest BCUT2D eigenvalue weighted by Crippen LogP contribution is -2.42. The minimum absolute atomic E-state index is 0.176. The first kappa shape index (κ1) is 23.2. The van der Waals surface area contributed by atoms with Gasteiger partial charge < -0.3 is 14.5 Å². The number of fused-ring (bicyclic) bond motifs is 1. The molecule has 0 unspecified atom stereocenters. The highest BCUT2D eigenvalue weighted by Crippen LogP contribution is 2.35. The van der Waals surface area contributed by atoms with Crippen LogP contribution in [0.5, 0.6) is 5.88 Å². The first-order valence-corrected chi connectivity index (χ1v) is 12.9. The van der Waals surface area contributed by atoms with E-state index in [-0.39, 0.29) is 11.6 Å². The summed E-state index contributed by atoms with van der Waals surface area (Å²) in [7, 11) is -0.244. The van der Waals surface area contributed by atoms with Crippen molar-refractivity contribution in [2.24, 2.45) is 7.05 Å². The molecule has 0 atom stereocenters. The van der Waals surface area contributed by atoms with Gasteiger partial charge >= 0.3 is 0 Å². The van der Waals surface area contributed by atoms with Crippen LogP contribution in [-0.4, -0.2) is 77.8 Å². The van der Waals surface area contributed by atoms with Gasteiger partial charge in [-0.15, -0.1) is 10.2 Å². The number of piperazine rings is 1. The Bertz CT molecular complexity index is 1470. The number of methoxy groups -OCH3 is 1. The molecule has 0 bridgehead atoms. The summed E-state index contributed by atoms with van der Waals surface area (Å²) in [5, 5.41) is 17.2. The van der Waals surface area contributed by atoms with Crippen molar-refractivity contribution in [1.29, 1.82) is 0 Å². The van der Waals surface area contributed by atoms with E-state index in [0.29, 0.717) is 23.9 Å². The Kier molecular flexibility index (Phi) is 6.13. The SMILES string of the molecule is COc1ncc(-c2cc(-c3nnc(CN4CCNCC4)o3)c3cnn(C)c3c2)cc1NS(C)(=O)=O. The van der Waals surface area contributed by atoms with Crippen LogP contribution in [0.2, 0.25) is 0 Å². The zero-order valence-corrected chi connectivity index (χ0v) is 20.5. The normalized spacial score (nSPS) is 14.9. The molecule has 1 fully saturated rings. The minimum atomic E-state index is -3.53. The Hall–Kier alpha value is -3.55. The van der Waals surface area contributed by atoms with Crippen molar-refractivity contribution in [2.75, 3.05) is 44.3 Å². The van der Waals surface area contributed by atoms with Gasteiger partial charge in [0.15, 0.2) is 0 Å².